The van der Waals surface area contributed by atoms with E-state index in [0.717, 1.165) is 11.6 Å². The van der Waals surface area contributed by atoms with Crippen molar-refractivity contribution in [2.24, 2.45) is 0 Å². The van der Waals surface area contributed by atoms with Gasteiger partial charge in [-0.2, -0.15) is 0 Å². The van der Waals surface area contributed by atoms with Gasteiger partial charge < -0.3 is 9.67 Å². The fraction of sp³-hybridized carbons (Fsp3) is 0.667. The number of aliphatic carboxylic acids is 1. The van der Waals surface area contributed by atoms with Crippen molar-refractivity contribution in [3.8, 4) is 0 Å². The summed E-state index contributed by atoms with van der Waals surface area (Å²) >= 11 is 0. The number of carboxylic acids is 1. The molecule has 0 aliphatic rings. The molecule has 0 atom stereocenters. The van der Waals surface area contributed by atoms with Gasteiger partial charge in [0.15, 0.2) is 0 Å². The van der Waals surface area contributed by atoms with Crippen LogP contribution in [0.3, 0.4) is 0 Å². The Hall–Kier alpha value is -1.39. The Balaban J connectivity index is 2.81. The number of carboxylic acid groups (broad SMARTS) is 1. The van der Waals surface area contributed by atoms with Crippen LogP contribution < -0.4 is 0 Å². The van der Waals surface area contributed by atoms with Crippen molar-refractivity contribution >= 4 is 5.97 Å². The van der Waals surface area contributed by atoms with Gasteiger partial charge in [-0.25, -0.2) is 0 Å². The van der Waals surface area contributed by atoms with Crippen LogP contribution in [0.25, 0.3) is 0 Å². The van der Waals surface area contributed by atoms with Crippen molar-refractivity contribution in [1.82, 2.24) is 14.8 Å². The number of rotatable bonds is 4. The third-order valence-corrected chi connectivity index (χ3v) is 2.02. The summed E-state index contributed by atoms with van der Waals surface area (Å²) in [5, 5.41) is 16.4. The second-order valence-corrected chi connectivity index (χ2v) is 3.52. The van der Waals surface area contributed by atoms with Crippen molar-refractivity contribution < 1.29 is 9.90 Å². The summed E-state index contributed by atoms with van der Waals surface area (Å²) in [5.74, 6) is 0.779. The Labute approximate surface area is 82.8 Å². The molecule has 1 N–H and O–H groups in total. The minimum Gasteiger partial charge on any atom is -0.481 e. The zero-order valence-corrected chi connectivity index (χ0v) is 8.69. The molecule has 78 valence electrons. The van der Waals surface area contributed by atoms with Gasteiger partial charge in [0.25, 0.3) is 0 Å². The molecule has 1 aromatic rings. The van der Waals surface area contributed by atoms with Crippen molar-refractivity contribution in [3.05, 3.63) is 11.6 Å². The molecule has 0 unspecified atom stereocenters. The highest BCUT2D eigenvalue weighted by Gasteiger charge is 2.12. The monoisotopic (exact) mass is 197 g/mol. The summed E-state index contributed by atoms with van der Waals surface area (Å²) in [6, 6.07) is 0.272. The molecule has 0 aromatic carbocycles. The quantitative estimate of drug-likeness (QED) is 0.787. The Morgan fingerprint density at radius 3 is 2.64 bits per heavy atom. The highest BCUT2D eigenvalue weighted by atomic mass is 16.4. The Kier molecular flexibility index (Phi) is 3.22. The first kappa shape index (κ1) is 10.7. The van der Waals surface area contributed by atoms with Gasteiger partial charge in [0.2, 0.25) is 0 Å². The normalized spacial score (nSPS) is 10.9. The lowest BCUT2D eigenvalue weighted by molar-refractivity contribution is -0.137. The molecule has 5 heteroatoms. The van der Waals surface area contributed by atoms with Crippen LogP contribution in [0.4, 0.5) is 0 Å². The number of aryl methyl sites for hydroxylation is 2. The van der Waals surface area contributed by atoms with E-state index in [-0.39, 0.29) is 12.5 Å². The van der Waals surface area contributed by atoms with Gasteiger partial charge in [0.1, 0.15) is 11.6 Å². The molecule has 0 radical (unpaired) electrons. The maximum Gasteiger partial charge on any atom is 0.303 e. The summed E-state index contributed by atoms with van der Waals surface area (Å²) in [5.41, 5.74) is 0. The molecule has 0 bridgehead atoms. The van der Waals surface area contributed by atoms with E-state index in [9.17, 15) is 4.79 Å². The average molecular weight is 197 g/mol. The minimum atomic E-state index is -0.805. The predicted octanol–water partition coefficient (Wildman–Crippen LogP) is 1.18. The standard InChI is InChI=1S/C9H15N3O2/c1-6(2)12-7(3)10-11-8(12)4-5-9(13)14/h6H,4-5H2,1-3H3,(H,13,14). The minimum absolute atomic E-state index is 0.102. The van der Waals surface area contributed by atoms with Crippen LogP contribution in [0.2, 0.25) is 0 Å². The fourth-order valence-electron chi connectivity index (χ4n) is 1.47. The highest BCUT2D eigenvalue weighted by molar-refractivity contribution is 5.66. The van der Waals surface area contributed by atoms with Gasteiger partial charge in [-0.1, -0.05) is 0 Å². The first-order valence-electron chi connectivity index (χ1n) is 4.64. The summed E-state index contributed by atoms with van der Waals surface area (Å²) in [6.45, 7) is 5.93. The van der Waals surface area contributed by atoms with Crippen LogP contribution in [-0.4, -0.2) is 25.8 Å². The summed E-state index contributed by atoms with van der Waals surface area (Å²) in [7, 11) is 0. The van der Waals surface area contributed by atoms with Crippen LogP contribution in [0, 0.1) is 6.92 Å². The van der Waals surface area contributed by atoms with Crippen LogP contribution in [-0.2, 0) is 11.2 Å². The number of nitrogens with zero attached hydrogens (tertiary/aromatic N) is 3. The largest absolute Gasteiger partial charge is 0.481 e. The number of hydrogen-bond donors (Lipinski definition) is 1. The number of aromatic nitrogens is 3. The van der Waals surface area contributed by atoms with Gasteiger partial charge in [-0.3, -0.25) is 4.79 Å². The van der Waals surface area contributed by atoms with E-state index in [2.05, 4.69) is 10.2 Å². The van der Waals surface area contributed by atoms with Gasteiger partial charge in [-0.15, -0.1) is 10.2 Å². The van der Waals surface area contributed by atoms with E-state index < -0.39 is 5.97 Å². The third kappa shape index (κ3) is 2.31. The van der Waals surface area contributed by atoms with Crippen LogP contribution in [0.5, 0.6) is 0 Å². The van der Waals surface area contributed by atoms with Crippen LogP contribution in [0.1, 0.15) is 38.0 Å². The van der Waals surface area contributed by atoms with E-state index in [0.29, 0.717) is 6.42 Å². The molecule has 0 saturated carbocycles. The molecular formula is C9H15N3O2. The van der Waals surface area contributed by atoms with Gasteiger partial charge >= 0.3 is 5.97 Å². The molecule has 5 nitrogen and oxygen atoms in total. The lowest BCUT2D eigenvalue weighted by atomic mass is 10.2. The van der Waals surface area contributed by atoms with Gasteiger partial charge in [-0.05, 0) is 20.8 Å². The SMILES string of the molecule is Cc1nnc(CCC(=O)O)n1C(C)C. The molecule has 0 saturated heterocycles. The lowest BCUT2D eigenvalue weighted by Crippen LogP contribution is -2.10. The van der Waals surface area contributed by atoms with E-state index in [4.69, 9.17) is 5.11 Å². The first-order valence-corrected chi connectivity index (χ1v) is 4.64. The molecule has 0 fully saturated rings. The second-order valence-electron chi connectivity index (χ2n) is 3.52. The second kappa shape index (κ2) is 4.21. The van der Waals surface area contributed by atoms with E-state index in [1.807, 2.05) is 25.3 Å². The molecule has 0 aliphatic carbocycles. The molecule has 0 aliphatic heterocycles. The Bertz CT molecular complexity index is 331. The molecule has 1 heterocycles. The smallest absolute Gasteiger partial charge is 0.303 e. The topological polar surface area (TPSA) is 68.0 Å². The highest BCUT2D eigenvalue weighted by Crippen LogP contribution is 2.11. The molecular weight excluding hydrogens is 182 g/mol. The molecule has 1 rings (SSSR count). The number of carbonyl (C=O) groups is 1. The van der Waals surface area contributed by atoms with Gasteiger partial charge in [0, 0.05) is 12.5 Å². The van der Waals surface area contributed by atoms with E-state index in [1.165, 1.54) is 0 Å². The third-order valence-electron chi connectivity index (χ3n) is 2.02. The average Bonchev–Trinajstić information content (AvgIpc) is 2.43. The molecule has 0 amide bonds. The maximum atomic E-state index is 10.4. The fourth-order valence-corrected chi connectivity index (χ4v) is 1.47. The van der Waals surface area contributed by atoms with Crippen molar-refractivity contribution in [3.63, 3.8) is 0 Å². The Morgan fingerprint density at radius 2 is 2.14 bits per heavy atom. The van der Waals surface area contributed by atoms with Crippen molar-refractivity contribution in [2.75, 3.05) is 0 Å². The molecule has 1 aromatic heterocycles. The van der Waals surface area contributed by atoms with E-state index >= 15 is 0 Å². The zero-order chi connectivity index (χ0) is 10.7. The summed E-state index contributed by atoms with van der Waals surface area (Å²) in [4.78, 5) is 10.4. The summed E-state index contributed by atoms with van der Waals surface area (Å²) < 4.78 is 1.96. The molecule has 0 spiro atoms. The van der Waals surface area contributed by atoms with Crippen molar-refractivity contribution in [2.45, 2.75) is 39.7 Å². The van der Waals surface area contributed by atoms with Crippen molar-refractivity contribution in [1.29, 1.82) is 0 Å². The van der Waals surface area contributed by atoms with Crippen LogP contribution >= 0.6 is 0 Å². The Morgan fingerprint density at radius 1 is 1.50 bits per heavy atom. The zero-order valence-electron chi connectivity index (χ0n) is 8.69. The van der Waals surface area contributed by atoms with Gasteiger partial charge in [0.05, 0.1) is 6.42 Å². The lowest BCUT2D eigenvalue weighted by Gasteiger charge is -2.11. The van der Waals surface area contributed by atoms with Crippen LogP contribution in [0.15, 0.2) is 0 Å². The molecule has 14 heavy (non-hydrogen) atoms. The first-order chi connectivity index (χ1) is 6.52. The van der Waals surface area contributed by atoms with E-state index in [1.54, 1.807) is 0 Å². The predicted molar refractivity (Wildman–Crippen MR) is 51.1 cm³/mol. The number of hydrogen-bond acceptors (Lipinski definition) is 3. The summed E-state index contributed by atoms with van der Waals surface area (Å²) in [6.07, 6.45) is 0.541. The maximum absolute atomic E-state index is 10.4.